The zero-order chi connectivity index (χ0) is 19.1. The third-order valence-corrected chi connectivity index (χ3v) is 3.92. The molecule has 2 aromatic carbocycles. The fraction of sp³-hybridized carbons (Fsp3) is 0.0500. The van der Waals surface area contributed by atoms with Gasteiger partial charge in [0.1, 0.15) is 5.75 Å². The highest BCUT2D eigenvalue weighted by Gasteiger charge is 2.08. The molecule has 2 amide bonds. The van der Waals surface area contributed by atoms with E-state index in [1.54, 1.807) is 48.7 Å². The Morgan fingerprint density at radius 1 is 0.926 bits per heavy atom. The molecule has 0 saturated heterocycles. The molecule has 0 radical (unpaired) electrons. The number of hydrogen-bond acceptors (Lipinski definition) is 4. The number of nitrogens with zero attached hydrogens (tertiary/aromatic N) is 1. The first-order valence-electron chi connectivity index (χ1n) is 8.10. The molecule has 7 heteroatoms. The molecule has 2 N–H and O–H groups in total. The molecule has 0 unspecified atom stereocenters. The fourth-order valence-electron chi connectivity index (χ4n) is 2.27. The van der Waals surface area contributed by atoms with Crippen LogP contribution in [0.2, 0.25) is 0 Å². The van der Waals surface area contributed by atoms with E-state index in [1.165, 1.54) is 6.20 Å². The quantitative estimate of drug-likeness (QED) is 0.622. The second-order valence-electron chi connectivity index (χ2n) is 5.58. The van der Waals surface area contributed by atoms with Crippen LogP contribution in [-0.4, -0.2) is 23.4 Å². The number of rotatable bonds is 6. The fourth-order valence-corrected chi connectivity index (χ4v) is 2.64. The Hall–Kier alpha value is -3.19. The molecule has 0 aliphatic heterocycles. The van der Waals surface area contributed by atoms with Gasteiger partial charge in [-0.2, -0.15) is 0 Å². The summed E-state index contributed by atoms with van der Waals surface area (Å²) in [6.45, 7) is -0.137. The summed E-state index contributed by atoms with van der Waals surface area (Å²) in [5, 5.41) is 5.51. The summed E-state index contributed by atoms with van der Waals surface area (Å²) in [5.41, 5.74) is 1.69. The van der Waals surface area contributed by atoms with Crippen LogP contribution in [0.5, 0.6) is 5.75 Å². The number of benzene rings is 2. The number of aromatic nitrogens is 1. The van der Waals surface area contributed by atoms with E-state index in [-0.39, 0.29) is 18.4 Å². The predicted octanol–water partition coefficient (Wildman–Crippen LogP) is 4.11. The van der Waals surface area contributed by atoms with Gasteiger partial charge in [0.05, 0.1) is 5.56 Å². The van der Waals surface area contributed by atoms with Crippen molar-refractivity contribution in [3.05, 3.63) is 83.1 Å². The Labute approximate surface area is 164 Å². The average molecular weight is 426 g/mol. The minimum atomic E-state index is -0.289. The van der Waals surface area contributed by atoms with E-state index in [9.17, 15) is 9.59 Å². The average Bonchev–Trinajstić information content (AvgIpc) is 2.67. The van der Waals surface area contributed by atoms with Crippen LogP contribution in [-0.2, 0) is 4.79 Å². The van der Waals surface area contributed by atoms with Crippen LogP contribution in [0.4, 0.5) is 11.4 Å². The zero-order valence-corrected chi connectivity index (χ0v) is 15.8. The van der Waals surface area contributed by atoms with Crippen LogP contribution in [0.3, 0.4) is 0 Å². The van der Waals surface area contributed by atoms with Gasteiger partial charge < -0.3 is 15.4 Å². The largest absolute Gasteiger partial charge is 0.484 e. The van der Waals surface area contributed by atoms with Crippen molar-refractivity contribution in [3.8, 4) is 5.75 Å². The first-order valence-corrected chi connectivity index (χ1v) is 8.89. The number of halogens is 1. The first-order chi connectivity index (χ1) is 13.1. The standard InChI is InChI=1S/C20H16BrN3O3/c21-15-9-14(11-22-12-15)20(26)24-17-7-4-8-18(10-17)27-13-19(25)23-16-5-2-1-3-6-16/h1-12H,13H2,(H,23,25)(H,24,26). The van der Waals surface area contributed by atoms with Gasteiger partial charge in [-0.05, 0) is 46.3 Å². The molecule has 136 valence electrons. The number of carbonyl (C=O) groups excluding carboxylic acids is 2. The molecule has 0 atom stereocenters. The first kappa shape index (κ1) is 18.6. The smallest absolute Gasteiger partial charge is 0.262 e. The summed E-state index contributed by atoms with van der Waals surface area (Å²) in [4.78, 5) is 28.2. The van der Waals surface area contributed by atoms with Gasteiger partial charge in [-0.1, -0.05) is 24.3 Å². The molecule has 27 heavy (non-hydrogen) atoms. The number of amides is 2. The van der Waals surface area contributed by atoms with E-state index in [0.717, 1.165) is 4.47 Å². The highest BCUT2D eigenvalue weighted by molar-refractivity contribution is 9.10. The van der Waals surface area contributed by atoms with Gasteiger partial charge in [-0.3, -0.25) is 14.6 Å². The lowest BCUT2D eigenvalue weighted by Crippen LogP contribution is -2.20. The molecule has 0 spiro atoms. The van der Waals surface area contributed by atoms with E-state index >= 15 is 0 Å². The summed E-state index contributed by atoms with van der Waals surface area (Å²) in [5.74, 6) is -0.0815. The van der Waals surface area contributed by atoms with Crippen molar-refractivity contribution in [1.82, 2.24) is 4.98 Å². The van der Waals surface area contributed by atoms with Gasteiger partial charge in [0, 0.05) is 34.3 Å². The van der Waals surface area contributed by atoms with Gasteiger partial charge in [0.2, 0.25) is 0 Å². The van der Waals surface area contributed by atoms with Crippen molar-refractivity contribution >= 4 is 39.1 Å². The number of carbonyl (C=O) groups is 2. The van der Waals surface area contributed by atoms with E-state index in [1.807, 2.05) is 18.2 Å². The molecule has 0 bridgehead atoms. The van der Waals surface area contributed by atoms with Crippen LogP contribution in [0, 0.1) is 0 Å². The Morgan fingerprint density at radius 2 is 1.70 bits per heavy atom. The van der Waals surface area contributed by atoms with Crippen LogP contribution in [0.15, 0.2) is 77.5 Å². The molecule has 0 fully saturated rings. The maximum Gasteiger partial charge on any atom is 0.262 e. The van der Waals surface area contributed by atoms with E-state index < -0.39 is 0 Å². The number of hydrogen-bond donors (Lipinski definition) is 2. The Morgan fingerprint density at radius 3 is 2.48 bits per heavy atom. The number of nitrogens with one attached hydrogen (secondary N) is 2. The molecule has 0 aliphatic rings. The Balaban J connectivity index is 1.57. The molecule has 0 saturated carbocycles. The van der Waals surface area contributed by atoms with Crippen molar-refractivity contribution in [2.24, 2.45) is 0 Å². The normalized spacial score (nSPS) is 10.1. The molecule has 3 rings (SSSR count). The van der Waals surface area contributed by atoms with Crippen LogP contribution < -0.4 is 15.4 Å². The molecule has 3 aromatic rings. The van der Waals surface area contributed by atoms with Crippen molar-refractivity contribution < 1.29 is 14.3 Å². The zero-order valence-electron chi connectivity index (χ0n) is 14.2. The van der Waals surface area contributed by atoms with Gasteiger partial charge >= 0.3 is 0 Å². The molecule has 1 aromatic heterocycles. The number of pyridine rings is 1. The van der Waals surface area contributed by atoms with Gasteiger partial charge in [-0.25, -0.2) is 0 Å². The summed E-state index contributed by atoms with van der Waals surface area (Å²) in [6.07, 6.45) is 3.08. The lowest BCUT2D eigenvalue weighted by Gasteiger charge is -2.10. The summed E-state index contributed by atoms with van der Waals surface area (Å²) in [7, 11) is 0. The van der Waals surface area contributed by atoms with Gasteiger partial charge in [0.15, 0.2) is 6.61 Å². The maximum atomic E-state index is 12.3. The highest BCUT2D eigenvalue weighted by atomic mass is 79.9. The third-order valence-electron chi connectivity index (χ3n) is 3.49. The predicted molar refractivity (Wildman–Crippen MR) is 107 cm³/mol. The Bertz CT molecular complexity index is 948. The highest BCUT2D eigenvalue weighted by Crippen LogP contribution is 2.19. The SMILES string of the molecule is O=C(COc1cccc(NC(=O)c2cncc(Br)c2)c1)Nc1ccccc1. The monoisotopic (exact) mass is 425 g/mol. The number of para-hydroxylation sites is 1. The van der Waals surface area contributed by atoms with E-state index in [0.29, 0.717) is 22.7 Å². The second kappa shape index (κ2) is 8.95. The van der Waals surface area contributed by atoms with Crippen molar-refractivity contribution in [2.45, 2.75) is 0 Å². The second-order valence-corrected chi connectivity index (χ2v) is 6.49. The van der Waals surface area contributed by atoms with Crippen LogP contribution in [0.25, 0.3) is 0 Å². The minimum absolute atomic E-state index is 0.137. The molecule has 1 heterocycles. The Kier molecular flexibility index (Phi) is 6.17. The van der Waals surface area contributed by atoms with Gasteiger partial charge in [-0.15, -0.1) is 0 Å². The molecule has 0 aliphatic carbocycles. The minimum Gasteiger partial charge on any atom is -0.484 e. The van der Waals surface area contributed by atoms with Gasteiger partial charge in [0.25, 0.3) is 11.8 Å². The summed E-state index contributed by atoms with van der Waals surface area (Å²) < 4.78 is 6.22. The number of ether oxygens (including phenoxy) is 1. The van der Waals surface area contributed by atoms with E-state index in [4.69, 9.17) is 4.74 Å². The number of anilines is 2. The van der Waals surface area contributed by atoms with Crippen molar-refractivity contribution in [1.29, 1.82) is 0 Å². The molecular formula is C20H16BrN3O3. The van der Waals surface area contributed by atoms with Crippen molar-refractivity contribution in [2.75, 3.05) is 17.2 Å². The summed E-state index contributed by atoms with van der Waals surface area (Å²) in [6, 6.07) is 17.7. The lowest BCUT2D eigenvalue weighted by molar-refractivity contribution is -0.118. The molecule has 6 nitrogen and oxygen atoms in total. The van der Waals surface area contributed by atoms with Crippen LogP contribution >= 0.6 is 15.9 Å². The third kappa shape index (κ3) is 5.65. The van der Waals surface area contributed by atoms with Crippen LogP contribution in [0.1, 0.15) is 10.4 Å². The lowest BCUT2D eigenvalue weighted by atomic mass is 10.2. The summed E-state index contributed by atoms with van der Waals surface area (Å²) >= 11 is 3.28. The topological polar surface area (TPSA) is 80.3 Å². The van der Waals surface area contributed by atoms with E-state index in [2.05, 4.69) is 31.5 Å². The maximum absolute atomic E-state index is 12.3. The molecular weight excluding hydrogens is 410 g/mol. The van der Waals surface area contributed by atoms with Crippen molar-refractivity contribution in [3.63, 3.8) is 0 Å².